The quantitative estimate of drug-likeness (QED) is 0.369. The van der Waals surface area contributed by atoms with Crippen molar-refractivity contribution in [1.29, 1.82) is 0 Å². The summed E-state index contributed by atoms with van der Waals surface area (Å²) < 4.78 is 7.13. The third-order valence-corrected chi connectivity index (χ3v) is 5.81. The standard InChI is InChI=1S/C25H24N4O2S/c1-2-31-16-14-27-25(30)22-8-3-4-9-24(22)32-21-11-10-19-18-28-29(23(19)17-21)15-12-20-7-5-6-13-26-20/h3-13,15,17-18H,2,14,16H2,1H3,(H,27,30). The van der Waals surface area contributed by atoms with Crippen molar-refractivity contribution in [3.05, 3.63) is 84.3 Å². The van der Waals surface area contributed by atoms with E-state index in [2.05, 4.69) is 21.5 Å². The molecule has 0 bridgehead atoms. The van der Waals surface area contributed by atoms with Gasteiger partial charge in [-0.3, -0.25) is 9.78 Å². The van der Waals surface area contributed by atoms with Crippen LogP contribution in [0.3, 0.4) is 0 Å². The lowest BCUT2D eigenvalue weighted by Gasteiger charge is -2.10. The Bertz CT molecular complexity index is 1220. The minimum Gasteiger partial charge on any atom is -0.380 e. The van der Waals surface area contributed by atoms with Gasteiger partial charge in [0.25, 0.3) is 5.91 Å². The summed E-state index contributed by atoms with van der Waals surface area (Å²) in [6.07, 6.45) is 7.43. The van der Waals surface area contributed by atoms with E-state index in [0.717, 1.165) is 26.4 Å². The molecule has 1 N–H and O–H groups in total. The van der Waals surface area contributed by atoms with Crippen LogP contribution in [0.25, 0.3) is 23.2 Å². The highest BCUT2D eigenvalue weighted by Crippen LogP contribution is 2.32. The van der Waals surface area contributed by atoms with Gasteiger partial charge in [-0.25, -0.2) is 4.68 Å². The average molecular weight is 445 g/mol. The number of carbonyl (C=O) groups excluding carboxylic acids is 1. The summed E-state index contributed by atoms with van der Waals surface area (Å²) in [5, 5.41) is 8.43. The zero-order valence-electron chi connectivity index (χ0n) is 17.8. The molecule has 2 aromatic heterocycles. The molecular weight excluding hydrogens is 420 g/mol. The minimum absolute atomic E-state index is 0.0998. The van der Waals surface area contributed by atoms with Crippen LogP contribution >= 0.6 is 11.8 Å². The van der Waals surface area contributed by atoms with Gasteiger partial charge >= 0.3 is 0 Å². The number of fused-ring (bicyclic) bond motifs is 1. The topological polar surface area (TPSA) is 69.0 Å². The van der Waals surface area contributed by atoms with Gasteiger partial charge in [0.2, 0.25) is 0 Å². The molecular formula is C25H24N4O2S. The van der Waals surface area contributed by atoms with Gasteiger partial charge < -0.3 is 10.1 Å². The normalized spacial score (nSPS) is 11.3. The van der Waals surface area contributed by atoms with Gasteiger partial charge in [-0.15, -0.1) is 0 Å². The van der Waals surface area contributed by atoms with Gasteiger partial charge in [-0.1, -0.05) is 36.0 Å². The van der Waals surface area contributed by atoms with Crippen molar-refractivity contribution >= 4 is 40.8 Å². The van der Waals surface area contributed by atoms with Crippen molar-refractivity contribution in [3.63, 3.8) is 0 Å². The number of amides is 1. The molecule has 2 aromatic carbocycles. The van der Waals surface area contributed by atoms with E-state index in [1.54, 1.807) is 18.0 Å². The van der Waals surface area contributed by atoms with E-state index in [1.165, 1.54) is 0 Å². The van der Waals surface area contributed by atoms with Crippen LogP contribution in [-0.4, -0.2) is 40.4 Å². The van der Waals surface area contributed by atoms with Crippen molar-refractivity contribution in [3.8, 4) is 0 Å². The Morgan fingerprint density at radius 2 is 2.03 bits per heavy atom. The number of nitrogens with one attached hydrogen (secondary N) is 1. The number of rotatable bonds is 9. The monoisotopic (exact) mass is 444 g/mol. The van der Waals surface area contributed by atoms with Crippen molar-refractivity contribution in [2.24, 2.45) is 0 Å². The SMILES string of the molecule is CCOCCNC(=O)c1ccccc1Sc1ccc2cnn(C=Cc3ccccn3)c2c1. The number of aromatic nitrogens is 3. The largest absolute Gasteiger partial charge is 0.380 e. The van der Waals surface area contributed by atoms with Gasteiger partial charge in [0.05, 0.1) is 29.6 Å². The maximum absolute atomic E-state index is 12.7. The fraction of sp³-hybridized carbons (Fsp3) is 0.160. The van der Waals surface area contributed by atoms with Crippen molar-refractivity contribution in [2.75, 3.05) is 19.8 Å². The number of nitrogens with zero attached hydrogens (tertiary/aromatic N) is 3. The van der Waals surface area contributed by atoms with E-state index in [4.69, 9.17) is 4.74 Å². The number of ether oxygens (including phenoxy) is 1. The van der Waals surface area contributed by atoms with Crippen LogP contribution < -0.4 is 5.32 Å². The molecule has 2 heterocycles. The molecule has 0 aliphatic carbocycles. The van der Waals surface area contributed by atoms with Crippen LogP contribution in [0, 0.1) is 0 Å². The van der Waals surface area contributed by atoms with Gasteiger partial charge in [0, 0.05) is 40.7 Å². The Balaban J connectivity index is 1.54. The Hall–Kier alpha value is -3.42. The highest BCUT2D eigenvalue weighted by Gasteiger charge is 2.12. The average Bonchev–Trinajstić information content (AvgIpc) is 3.23. The lowest BCUT2D eigenvalue weighted by Crippen LogP contribution is -2.27. The molecule has 4 rings (SSSR count). The van der Waals surface area contributed by atoms with Gasteiger partial charge in [0.1, 0.15) is 0 Å². The molecule has 4 aromatic rings. The molecule has 0 aliphatic heterocycles. The molecule has 0 fully saturated rings. The molecule has 0 saturated carbocycles. The van der Waals surface area contributed by atoms with E-state index in [1.807, 2.05) is 84.7 Å². The molecule has 6 nitrogen and oxygen atoms in total. The maximum atomic E-state index is 12.7. The van der Waals surface area contributed by atoms with E-state index >= 15 is 0 Å². The second-order valence-electron chi connectivity index (χ2n) is 6.93. The molecule has 0 saturated heterocycles. The zero-order chi connectivity index (χ0) is 22.2. The fourth-order valence-electron chi connectivity index (χ4n) is 3.17. The first kappa shape index (κ1) is 21.8. The lowest BCUT2D eigenvalue weighted by atomic mass is 10.2. The highest BCUT2D eigenvalue weighted by atomic mass is 32.2. The van der Waals surface area contributed by atoms with Crippen LogP contribution in [0.5, 0.6) is 0 Å². The fourth-order valence-corrected chi connectivity index (χ4v) is 4.15. The van der Waals surface area contributed by atoms with Crippen LogP contribution in [0.15, 0.2) is 82.8 Å². The van der Waals surface area contributed by atoms with Crippen LogP contribution in [-0.2, 0) is 4.74 Å². The summed E-state index contributed by atoms with van der Waals surface area (Å²) in [6.45, 7) is 3.56. The van der Waals surface area contributed by atoms with E-state index < -0.39 is 0 Å². The number of carbonyl (C=O) groups is 1. The number of pyridine rings is 1. The molecule has 0 radical (unpaired) electrons. The number of hydrogen-bond donors (Lipinski definition) is 1. The Kier molecular flexibility index (Phi) is 7.32. The first-order valence-electron chi connectivity index (χ1n) is 10.4. The van der Waals surface area contributed by atoms with E-state index in [9.17, 15) is 4.79 Å². The molecule has 0 spiro atoms. The second-order valence-corrected chi connectivity index (χ2v) is 8.05. The van der Waals surface area contributed by atoms with Crippen molar-refractivity contribution in [2.45, 2.75) is 16.7 Å². The predicted octanol–water partition coefficient (Wildman–Crippen LogP) is 4.98. The molecule has 0 atom stereocenters. The first-order valence-corrected chi connectivity index (χ1v) is 11.3. The lowest BCUT2D eigenvalue weighted by molar-refractivity contribution is 0.0919. The van der Waals surface area contributed by atoms with Crippen LogP contribution in [0.4, 0.5) is 0 Å². The maximum Gasteiger partial charge on any atom is 0.252 e. The molecule has 0 aliphatic rings. The van der Waals surface area contributed by atoms with Gasteiger partial charge in [-0.2, -0.15) is 5.10 Å². The first-order chi connectivity index (χ1) is 15.7. The molecule has 1 amide bonds. The smallest absolute Gasteiger partial charge is 0.252 e. The second kappa shape index (κ2) is 10.7. The van der Waals surface area contributed by atoms with Gasteiger partial charge in [0.15, 0.2) is 0 Å². The van der Waals surface area contributed by atoms with Crippen molar-refractivity contribution < 1.29 is 9.53 Å². The van der Waals surface area contributed by atoms with Crippen LogP contribution in [0.1, 0.15) is 23.0 Å². The third kappa shape index (κ3) is 5.43. The Morgan fingerprint density at radius 3 is 2.88 bits per heavy atom. The molecule has 0 unspecified atom stereocenters. The number of benzene rings is 2. The van der Waals surface area contributed by atoms with Crippen molar-refractivity contribution in [1.82, 2.24) is 20.1 Å². The summed E-state index contributed by atoms with van der Waals surface area (Å²) in [7, 11) is 0. The zero-order valence-corrected chi connectivity index (χ0v) is 18.6. The summed E-state index contributed by atoms with van der Waals surface area (Å²) in [4.78, 5) is 18.9. The molecule has 7 heteroatoms. The minimum atomic E-state index is -0.0998. The summed E-state index contributed by atoms with van der Waals surface area (Å²) in [5.41, 5.74) is 2.50. The van der Waals surface area contributed by atoms with E-state index in [-0.39, 0.29) is 5.91 Å². The highest BCUT2D eigenvalue weighted by molar-refractivity contribution is 7.99. The summed E-state index contributed by atoms with van der Waals surface area (Å²) in [6, 6.07) is 19.6. The van der Waals surface area contributed by atoms with Gasteiger partial charge in [-0.05, 0) is 49.4 Å². The van der Waals surface area contributed by atoms with Crippen LogP contribution in [0.2, 0.25) is 0 Å². The molecule has 32 heavy (non-hydrogen) atoms. The number of hydrogen-bond acceptors (Lipinski definition) is 5. The van der Waals surface area contributed by atoms with E-state index in [0.29, 0.717) is 25.3 Å². The third-order valence-electron chi connectivity index (χ3n) is 4.74. The predicted molar refractivity (Wildman–Crippen MR) is 129 cm³/mol. The Labute approximate surface area is 191 Å². The summed E-state index contributed by atoms with van der Waals surface area (Å²) >= 11 is 1.56. The molecule has 162 valence electrons. The summed E-state index contributed by atoms with van der Waals surface area (Å²) in [5.74, 6) is -0.0998. The Morgan fingerprint density at radius 1 is 1.16 bits per heavy atom.